The van der Waals surface area contributed by atoms with E-state index in [0.29, 0.717) is 11.8 Å². The van der Waals surface area contributed by atoms with Crippen LogP contribution in [0.25, 0.3) is 0 Å². The summed E-state index contributed by atoms with van der Waals surface area (Å²) < 4.78 is 24.2. The third-order valence-electron chi connectivity index (χ3n) is 5.84. The van der Waals surface area contributed by atoms with Gasteiger partial charge in [-0.3, -0.25) is 4.79 Å². The second-order valence-corrected chi connectivity index (χ2v) is 9.97. The van der Waals surface area contributed by atoms with Crippen molar-refractivity contribution in [3.05, 3.63) is 35.4 Å². The highest BCUT2D eigenvalue weighted by Crippen LogP contribution is 2.55. The molecule has 0 radical (unpaired) electrons. The third-order valence-corrected chi connectivity index (χ3v) is 7.46. The molecule has 24 heavy (non-hydrogen) atoms. The van der Waals surface area contributed by atoms with E-state index in [1.54, 1.807) is 6.92 Å². The summed E-state index contributed by atoms with van der Waals surface area (Å²) >= 11 is 0. The quantitative estimate of drug-likeness (QED) is 0.889. The van der Waals surface area contributed by atoms with Crippen LogP contribution in [0.5, 0.6) is 0 Å². The minimum atomic E-state index is -3.25. The molecule has 0 aliphatic heterocycles. The Bertz CT molecular complexity index is 699. The molecular weight excluding hydrogens is 322 g/mol. The molecular formula is C19H27NO3S. The Morgan fingerprint density at radius 2 is 1.67 bits per heavy atom. The molecule has 1 amide bonds. The maximum absolute atomic E-state index is 12.7. The molecule has 0 heterocycles. The van der Waals surface area contributed by atoms with Crippen molar-refractivity contribution >= 4 is 15.7 Å². The fourth-order valence-electron chi connectivity index (χ4n) is 4.12. The van der Waals surface area contributed by atoms with Gasteiger partial charge in [-0.1, -0.05) is 42.7 Å². The zero-order valence-corrected chi connectivity index (χ0v) is 15.5. The van der Waals surface area contributed by atoms with Crippen LogP contribution in [0, 0.1) is 24.7 Å². The molecule has 1 aromatic rings. The van der Waals surface area contributed by atoms with Gasteiger partial charge in [-0.05, 0) is 44.1 Å². The van der Waals surface area contributed by atoms with Crippen LogP contribution in [0.2, 0.25) is 0 Å². The second-order valence-electron chi connectivity index (χ2n) is 7.57. The van der Waals surface area contributed by atoms with Crippen LogP contribution in [0.4, 0.5) is 0 Å². The molecule has 1 N–H and O–H groups in total. The van der Waals surface area contributed by atoms with Gasteiger partial charge in [0.05, 0.1) is 11.3 Å². The number of nitrogens with one attached hydrogen (secondary N) is 1. The number of sulfone groups is 1. The van der Waals surface area contributed by atoms with Gasteiger partial charge in [-0.15, -0.1) is 0 Å². The van der Waals surface area contributed by atoms with Crippen molar-refractivity contribution in [2.24, 2.45) is 17.8 Å². The third kappa shape index (κ3) is 3.51. The summed E-state index contributed by atoms with van der Waals surface area (Å²) in [4.78, 5) is 12.7. The maximum Gasteiger partial charge on any atom is 0.224 e. The summed E-state index contributed by atoms with van der Waals surface area (Å²) in [6.07, 6.45) is 5.94. The zero-order valence-electron chi connectivity index (χ0n) is 14.7. The fraction of sp³-hybridized carbons (Fsp3) is 0.632. The number of aryl methyl sites for hydroxylation is 1. The average molecular weight is 349 g/mol. The van der Waals surface area contributed by atoms with E-state index >= 15 is 0 Å². The molecule has 0 bridgehead atoms. The van der Waals surface area contributed by atoms with Crippen LogP contribution >= 0.6 is 0 Å². The van der Waals surface area contributed by atoms with Gasteiger partial charge in [0, 0.05) is 12.2 Å². The predicted octanol–water partition coefficient (Wildman–Crippen LogP) is 3.02. The molecule has 1 aromatic carbocycles. The normalized spacial score (nSPS) is 28.5. The molecule has 2 fully saturated rings. The van der Waals surface area contributed by atoms with Crippen molar-refractivity contribution < 1.29 is 13.2 Å². The van der Waals surface area contributed by atoms with E-state index in [2.05, 4.69) is 5.32 Å². The summed E-state index contributed by atoms with van der Waals surface area (Å²) in [6.45, 7) is 3.67. The van der Waals surface area contributed by atoms with Gasteiger partial charge >= 0.3 is 0 Å². The molecule has 132 valence electrons. The maximum atomic E-state index is 12.7. The highest BCUT2D eigenvalue weighted by molar-refractivity contribution is 7.91. The van der Waals surface area contributed by atoms with E-state index in [4.69, 9.17) is 0 Å². The number of amides is 1. The summed E-state index contributed by atoms with van der Waals surface area (Å²) in [5.74, 6) is 1.16. The molecule has 2 aliphatic carbocycles. The molecule has 2 aliphatic rings. The fourth-order valence-corrected chi connectivity index (χ4v) is 4.84. The van der Waals surface area contributed by atoms with Gasteiger partial charge in [-0.25, -0.2) is 8.42 Å². The molecule has 3 rings (SSSR count). The van der Waals surface area contributed by atoms with Crippen LogP contribution < -0.4 is 5.32 Å². The summed E-state index contributed by atoms with van der Waals surface area (Å²) in [7, 11) is -3.25. The summed E-state index contributed by atoms with van der Waals surface area (Å²) in [5, 5.41) is 2.41. The summed E-state index contributed by atoms with van der Waals surface area (Å²) in [6, 6.07) is 7.26. The van der Waals surface area contributed by atoms with Crippen molar-refractivity contribution in [1.29, 1.82) is 0 Å². The second kappa shape index (κ2) is 6.51. The molecule has 0 saturated heterocycles. The SMILES string of the molecule is Cc1ccc([C@H](NC(=O)C2[C@H]3CCCC[C@@H]23)[C@H](C)S(C)(=O)=O)cc1. The van der Waals surface area contributed by atoms with Crippen LogP contribution in [0.3, 0.4) is 0 Å². The Balaban J connectivity index is 1.80. The van der Waals surface area contributed by atoms with Gasteiger partial charge in [0.2, 0.25) is 5.91 Å². The number of benzene rings is 1. The highest BCUT2D eigenvalue weighted by atomic mass is 32.2. The van der Waals surface area contributed by atoms with Gasteiger partial charge in [-0.2, -0.15) is 0 Å². The Morgan fingerprint density at radius 3 is 2.17 bits per heavy atom. The topological polar surface area (TPSA) is 63.2 Å². The average Bonchev–Trinajstić information content (AvgIpc) is 3.26. The number of carbonyl (C=O) groups excluding carboxylic acids is 1. The molecule has 4 nitrogen and oxygen atoms in total. The van der Waals surface area contributed by atoms with Gasteiger partial charge in [0.25, 0.3) is 0 Å². The highest BCUT2D eigenvalue weighted by Gasteiger charge is 2.55. The van der Waals surface area contributed by atoms with Crippen LogP contribution in [0.15, 0.2) is 24.3 Å². The minimum Gasteiger partial charge on any atom is -0.348 e. The number of hydrogen-bond acceptors (Lipinski definition) is 3. The van der Waals surface area contributed by atoms with Crippen molar-refractivity contribution in [2.45, 2.75) is 50.8 Å². The predicted molar refractivity (Wildman–Crippen MR) is 95.3 cm³/mol. The first-order chi connectivity index (χ1) is 11.3. The van der Waals surface area contributed by atoms with Crippen LogP contribution in [-0.2, 0) is 14.6 Å². The Hall–Kier alpha value is -1.36. The molecule has 0 spiro atoms. The monoisotopic (exact) mass is 349 g/mol. The molecule has 2 saturated carbocycles. The number of fused-ring (bicyclic) bond motifs is 1. The Kier molecular flexibility index (Phi) is 4.73. The number of hydrogen-bond donors (Lipinski definition) is 1. The molecule has 5 atom stereocenters. The van der Waals surface area contributed by atoms with Gasteiger partial charge in [0.1, 0.15) is 0 Å². The van der Waals surface area contributed by atoms with Crippen molar-refractivity contribution in [2.75, 3.05) is 6.26 Å². The van der Waals surface area contributed by atoms with E-state index < -0.39 is 21.1 Å². The largest absolute Gasteiger partial charge is 0.348 e. The number of rotatable bonds is 5. The molecule has 1 unspecified atom stereocenters. The molecule has 0 aromatic heterocycles. The van der Waals surface area contributed by atoms with Gasteiger partial charge < -0.3 is 5.32 Å². The van der Waals surface area contributed by atoms with E-state index in [-0.39, 0.29) is 11.8 Å². The Morgan fingerprint density at radius 1 is 1.12 bits per heavy atom. The van der Waals surface area contributed by atoms with Crippen molar-refractivity contribution in [3.8, 4) is 0 Å². The van der Waals surface area contributed by atoms with Crippen LogP contribution in [-0.4, -0.2) is 25.8 Å². The van der Waals surface area contributed by atoms with Gasteiger partial charge in [0.15, 0.2) is 9.84 Å². The number of carbonyl (C=O) groups is 1. The van der Waals surface area contributed by atoms with Crippen molar-refractivity contribution in [1.82, 2.24) is 5.32 Å². The first-order valence-corrected chi connectivity index (χ1v) is 10.8. The minimum absolute atomic E-state index is 0.0352. The lowest BCUT2D eigenvalue weighted by molar-refractivity contribution is -0.123. The zero-order chi connectivity index (χ0) is 17.5. The van der Waals surface area contributed by atoms with Crippen molar-refractivity contribution in [3.63, 3.8) is 0 Å². The van der Waals surface area contributed by atoms with E-state index in [1.807, 2.05) is 31.2 Å². The molecule has 5 heteroatoms. The smallest absolute Gasteiger partial charge is 0.224 e. The Labute approximate surface area is 145 Å². The standard InChI is InChI=1S/C19H27NO3S/c1-12-8-10-14(11-9-12)18(13(2)24(3,22)23)20-19(21)17-15-6-4-5-7-16(15)17/h8-11,13,15-18H,4-7H2,1-3H3,(H,20,21)/t13-,15-,16+,17?,18+/m0/s1. The lowest BCUT2D eigenvalue weighted by Crippen LogP contribution is -2.39. The lowest BCUT2D eigenvalue weighted by Gasteiger charge is -2.25. The first-order valence-electron chi connectivity index (χ1n) is 8.85. The van der Waals surface area contributed by atoms with E-state index in [1.165, 1.54) is 19.1 Å². The lowest BCUT2D eigenvalue weighted by atomic mass is 10.0. The van der Waals surface area contributed by atoms with Crippen LogP contribution in [0.1, 0.15) is 49.8 Å². The van der Waals surface area contributed by atoms with E-state index in [0.717, 1.165) is 24.0 Å². The summed E-state index contributed by atoms with van der Waals surface area (Å²) in [5.41, 5.74) is 1.97. The first kappa shape index (κ1) is 17.5. The van der Waals surface area contributed by atoms with E-state index in [9.17, 15) is 13.2 Å².